The van der Waals surface area contributed by atoms with Crippen LogP contribution in [0.4, 0.5) is 0 Å². The largest absolute Gasteiger partial charge is 0.497 e. The van der Waals surface area contributed by atoms with Crippen LogP contribution in [-0.2, 0) is 6.42 Å². The summed E-state index contributed by atoms with van der Waals surface area (Å²) in [5.41, 5.74) is 0.393. The van der Waals surface area contributed by atoms with Gasteiger partial charge in [0.2, 0.25) is 0 Å². The second kappa shape index (κ2) is 4.94. The first-order chi connectivity index (χ1) is 8.15. The average molecular weight is 237 g/mol. The van der Waals surface area contributed by atoms with Gasteiger partial charge in [0.25, 0.3) is 0 Å². The minimum atomic E-state index is -0.641. The van der Waals surface area contributed by atoms with E-state index in [-0.39, 0.29) is 0 Å². The van der Waals surface area contributed by atoms with Gasteiger partial charge in [-0.05, 0) is 30.7 Å². The SMILES string of the molecule is COc1cc(CC2(O)CCNC2)cc(OC)c1. The molecule has 0 aromatic heterocycles. The zero-order chi connectivity index (χ0) is 12.3. The maximum absolute atomic E-state index is 10.3. The van der Waals surface area contributed by atoms with Gasteiger partial charge in [-0.1, -0.05) is 0 Å². The van der Waals surface area contributed by atoms with Crippen molar-refractivity contribution in [3.8, 4) is 11.5 Å². The molecular weight excluding hydrogens is 218 g/mol. The van der Waals surface area contributed by atoms with Crippen LogP contribution in [0.25, 0.3) is 0 Å². The summed E-state index contributed by atoms with van der Waals surface area (Å²) >= 11 is 0. The molecule has 17 heavy (non-hydrogen) atoms. The van der Waals surface area contributed by atoms with Gasteiger partial charge in [-0.25, -0.2) is 0 Å². The van der Waals surface area contributed by atoms with Gasteiger partial charge in [0.15, 0.2) is 0 Å². The van der Waals surface area contributed by atoms with Crippen molar-refractivity contribution in [3.63, 3.8) is 0 Å². The fraction of sp³-hybridized carbons (Fsp3) is 0.538. The van der Waals surface area contributed by atoms with Crippen molar-refractivity contribution < 1.29 is 14.6 Å². The van der Waals surface area contributed by atoms with E-state index in [9.17, 15) is 5.11 Å². The number of hydrogen-bond donors (Lipinski definition) is 2. The highest BCUT2D eigenvalue weighted by Gasteiger charge is 2.31. The minimum Gasteiger partial charge on any atom is -0.497 e. The Bertz CT molecular complexity index is 364. The molecule has 4 heteroatoms. The predicted octanol–water partition coefficient (Wildman–Crippen LogP) is 0.971. The highest BCUT2D eigenvalue weighted by Crippen LogP contribution is 2.27. The minimum absolute atomic E-state index is 0.619. The van der Waals surface area contributed by atoms with E-state index in [1.165, 1.54) is 0 Å². The molecule has 1 heterocycles. The molecule has 1 aliphatic rings. The van der Waals surface area contributed by atoms with Gasteiger partial charge in [0.1, 0.15) is 11.5 Å². The lowest BCUT2D eigenvalue weighted by Crippen LogP contribution is -2.33. The van der Waals surface area contributed by atoms with E-state index in [1.807, 2.05) is 18.2 Å². The average Bonchev–Trinajstić information content (AvgIpc) is 2.75. The maximum Gasteiger partial charge on any atom is 0.122 e. The summed E-state index contributed by atoms with van der Waals surface area (Å²) in [5.74, 6) is 1.52. The monoisotopic (exact) mass is 237 g/mol. The van der Waals surface area contributed by atoms with Gasteiger partial charge >= 0.3 is 0 Å². The van der Waals surface area contributed by atoms with Crippen LogP contribution in [0.5, 0.6) is 11.5 Å². The Kier molecular flexibility index (Phi) is 3.54. The molecule has 2 N–H and O–H groups in total. The zero-order valence-electron chi connectivity index (χ0n) is 10.3. The Labute approximate surface area is 102 Å². The third kappa shape index (κ3) is 2.90. The highest BCUT2D eigenvalue weighted by molar-refractivity contribution is 5.39. The Morgan fingerprint density at radius 1 is 1.24 bits per heavy atom. The predicted molar refractivity (Wildman–Crippen MR) is 65.7 cm³/mol. The third-order valence-electron chi connectivity index (χ3n) is 3.17. The van der Waals surface area contributed by atoms with Gasteiger partial charge < -0.3 is 19.9 Å². The van der Waals surface area contributed by atoms with E-state index in [2.05, 4.69) is 5.32 Å². The van der Waals surface area contributed by atoms with Crippen LogP contribution in [0.3, 0.4) is 0 Å². The third-order valence-corrected chi connectivity index (χ3v) is 3.17. The smallest absolute Gasteiger partial charge is 0.122 e. The number of rotatable bonds is 4. The van der Waals surface area contributed by atoms with Crippen molar-refractivity contribution in [2.24, 2.45) is 0 Å². The summed E-state index contributed by atoms with van der Waals surface area (Å²) in [6.45, 7) is 1.52. The van der Waals surface area contributed by atoms with E-state index in [4.69, 9.17) is 9.47 Å². The molecule has 0 saturated carbocycles. The van der Waals surface area contributed by atoms with Crippen molar-refractivity contribution in [1.29, 1.82) is 0 Å². The topological polar surface area (TPSA) is 50.7 Å². The fourth-order valence-electron chi connectivity index (χ4n) is 2.23. The summed E-state index contributed by atoms with van der Waals surface area (Å²) in [6, 6.07) is 5.72. The van der Waals surface area contributed by atoms with Gasteiger partial charge in [-0.3, -0.25) is 0 Å². The van der Waals surface area contributed by atoms with Crippen molar-refractivity contribution in [2.45, 2.75) is 18.4 Å². The maximum atomic E-state index is 10.3. The summed E-state index contributed by atoms with van der Waals surface area (Å²) in [6.07, 6.45) is 1.40. The molecule has 1 unspecified atom stereocenters. The molecule has 1 fully saturated rings. The lowest BCUT2D eigenvalue weighted by Gasteiger charge is -2.21. The lowest BCUT2D eigenvalue weighted by atomic mass is 9.93. The Balaban J connectivity index is 2.19. The van der Waals surface area contributed by atoms with Gasteiger partial charge in [-0.2, -0.15) is 0 Å². The molecule has 1 aromatic carbocycles. The van der Waals surface area contributed by atoms with Crippen LogP contribution in [-0.4, -0.2) is 38.0 Å². The van der Waals surface area contributed by atoms with Gasteiger partial charge in [0, 0.05) is 19.0 Å². The van der Waals surface area contributed by atoms with Gasteiger partial charge in [0.05, 0.1) is 19.8 Å². The van der Waals surface area contributed by atoms with Crippen LogP contribution < -0.4 is 14.8 Å². The first kappa shape index (κ1) is 12.2. The Hall–Kier alpha value is -1.26. The number of ether oxygens (including phenoxy) is 2. The van der Waals surface area contributed by atoms with E-state index >= 15 is 0 Å². The van der Waals surface area contributed by atoms with Crippen LogP contribution in [0.1, 0.15) is 12.0 Å². The second-order valence-electron chi connectivity index (χ2n) is 4.55. The molecule has 94 valence electrons. The van der Waals surface area contributed by atoms with Crippen molar-refractivity contribution in [2.75, 3.05) is 27.3 Å². The molecule has 1 saturated heterocycles. The molecule has 1 atom stereocenters. The molecule has 1 aliphatic heterocycles. The van der Waals surface area contributed by atoms with E-state index in [1.54, 1.807) is 14.2 Å². The van der Waals surface area contributed by atoms with Gasteiger partial charge in [-0.15, -0.1) is 0 Å². The Morgan fingerprint density at radius 2 is 1.88 bits per heavy atom. The van der Waals surface area contributed by atoms with Crippen LogP contribution in [0.15, 0.2) is 18.2 Å². The number of nitrogens with one attached hydrogen (secondary N) is 1. The summed E-state index contributed by atoms with van der Waals surface area (Å²) in [7, 11) is 3.26. The zero-order valence-corrected chi connectivity index (χ0v) is 10.3. The molecule has 0 radical (unpaired) electrons. The molecular formula is C13H19NO3. The van der Waals surface area contributed by atoms with Crippen LogP contribution >= 0.6 is 0 Å². The van der Waals surface area contributed by atoms with Crippen molar-refractivity contribution in [1.82, 2.24) is 5.32 Å². The standard InChI is InChI=1S/C13H19NO3/c1-16-11-5-10(6-12(7-11)17-2)8-13(15)3-4-14-9-13/h5-7,14-15H,3-4,8-9H2,1-2H3. The Morgan fingerprint density at radius 3 is 2.35 bits per heavy atom. The lowest BCUT2D eigenvalue weighted by molar-refractivity contribution is 0.0618. The summed E-state index contributed by atoms with van der Waals surface area (Å²) < 4.78 is 10.4. The normalized spacial score (nSPS) is 23.7. The quantitative estimate of drug-likeness (QED) is 0.819. The molecule has 2 rings (SSSR count). The van der Waals surface area contributed by atoms with Crippen molar-refractivity contribution >= 4 is 0 Å². The molecule has 0 aliphatic carbocycles. The van der Waals surface area contributed by atoms with Crippen molar-refractivity contribution in [3.05, 3.63) is 23.8 Å². The van der Waals surface area contributed by atoms with E-state index in [0.717, 1.165) is 30.0 Å². The molecule has 4 nitrogen and oxygen atoms in total. The van der Waals surface area contributed by atoms with E-state index in [0.29, 0.717) is 13.0 Å². The first-order valence-electron chi connectivity index (χ1n) is 5.80. The number of methoxy groups -OCH3 is 2. The number of aliphatic hydroxyl groups is 1. The number of hydrogen-bond acceptors (Lipinski definition) is 4. The number of benzene rings is 1. The van der Waals surface area contributed by atoms with Crippen LogP contribution in [0.2, 0.25) is 0 Å². The second-order valence-corrected chi connectivity index (χ2v) is 4.55. The first-order valence-corrected chi connectivity index (χ1v) is 5.80. The molecule has 0 spiro atoms. The molecule has 1 aromatic rings. The summed E-state index contributed by atoms with van der Waals surface area (Å²) in [4.78, 5) is 0. The number of β-amino-alcohol motifs (C(OH)–C–C–N with tert-alkyl or cyclic N) is 1. The summed E-state index contributed by atoms with van der Waals surface area (Å²) in [5, 5.41) is 13.5. The molecule has 0 bridgehead atoms. The molecule has 0 amide bonds. The highest BCUT2D eigenvalue weighted by atomic mass is 16.5. The van der Waals surface area contributed by atoms with Crippen LogP contribution in [0, 0.1) is 0 Å². The van der Waals surface area contributed by atoms with E-state index < -0.39 is 5.60 Å². The fourth-order valence-corrected chi connectivity index (χ4v) is 2.23.